The average Bonchev–Trinajstić information content (AvgIpc) is 2.02. The number of hydrogen-bond acceptors (Lipinski definition) is 2. The van der Waals surface area contributed by atoms with Crippen molar-refractivity contribution < 1.29 is 19.8 Å². The SMILES string of the molecule is C=CCCCC(CC(=O)O)C(=O)O. The molecule has 0 heterocycles. The largest absolute Gasteiger partial charge is 0.481 e. The van der Waals surface area contributed by atoms with E-state index in [1.165, 1.54) is 0 Å². The smallest absolute Gasteiger partial charge is 0.307 e. The van der Waals surface area contributed by atoms with Gasteiger partial charge in [0.25, 0.3) is 0 Å². The van der Waals surface area contributed by atoms with E-state index in [1.54, 1.807) is 6.08 Å². The van der Waals surface area contributed by atoms with Crippen molar-refractivity contribution in [2.45, 2.75) is 25.7 Å². The van der Waals surface area contributed by atoms with Gasteiger partial charge in [0.1, 0.15) is 0 Å². The summed E-state index contributed by atoms with van der Waals surface area (Å²) in [5.74, 6) is -2.87. The van der Waals surface area contributed by atoms with Gasteiger partial charge in [0.05, 0.1) is 12.3 Å². The lowest BCUT2D eigenvalue weighted by atomic mass is 9.99. The highest BCUT2D eigenvalue weighted by Gasteiger charge is 2.19. The molecule has 0 saturated heterocycles. The van der Waals surface area contributed by atoms with E-state index in [9.17, 15) is 9.59 Å². The number of unbranched alkanes of at least 4 members (excludes halogenated alkanes) is 1. The maximum atomic E-state index is 10.5. The van der Waals surface area contributed by atoms with Crippen LogP contribution in [0.15, 0.2) is 12.7 Å². The fourth-order valence-electron chi connectivity index (χ4n) is 1.03. The number of hydrogen-bond donors (Lipinski definition) is 2. The zero-order chi connectivity index (χ0) is 10.3. The number of allylic oxidation sites excluding steroid dienone is 1. The quantitative estimate of drug-likeness (QED) is 0.467. The molecule has 0 fully saturated rings. The Hall–Kier alpha value is -1.32. The van der Waals surface area contributed by atoms with Crippen molar-refractivity contribution in [3.8, 4) is 0 Å². The molecular weight excluding hydrogens is 172 g/mol. The van der Waals surface area contributed by atoms with E-state index >= 15 is 0 Å². The molecule has 0 spiro atoms. The molecule has 0 rings (SSSR count). The van der Waals surface area contributed by atoms with Gasteiger partial charge in [0, 0.05) is 0 Å². The Balaban J connectivity index is 3.87. The molecule has 0 aliphatic heterocycles. The molecule has 0 aromatic carbocycles. The lowest BCUT2D eigenvalue weighted by Crippen LogP contribution is -2.17. The lowest BCUT2D eigenvalue weighted by Gasteiger charge is -2.07. The van der Waals surface area contributed by atoms with Crippen LogP contribution in [0.2, 0.25) is 0 Å². The molecule has 74 valence electrons. The normalized spacial score (nSPS) is 12.0. The van der Waals surface area contributed by atoms with Crippen LogP contribution in [-0.4, -0.2) is 22.2 Å². The summed E-state index contributed by atoms with van der Waals surface area (Å²) in [6.45, 7) is 3.50. The number of carboxylic acids is 2. The van der Waals surface area contributed by atoms with Crippen LogP contribution in [0.4, 0.5) is 0 Å². The molecule has 0 aromatic heterocycles. The van der Waals surface area contributed by atoms with Crippen LogP contribution < -0.4 is 0 Å². The number of carbonyl (C=O) groups is 2. The average molecular weight is 186 g/mol. The molecule has 0 aliphatic rings. The van der Waals surface area contributed by atoms with Crippen molar-refractivity contribution in [2.24, 2.45) is 5.92 Å². The van der Waals surface area contributed by atoms with Gasteiger partial charge in [-0.1, -0.05) is 6.08 Å². The van der Waals surface area contributed by atoms with E-state index in [-0.39, 0.29) is 6.42 Å². The summed E-state index contributed by atoms with van der Waals surface area (Å²) in [5.41, 5.74) is 0. The first-order valence-electron chi connectivity index (χ1n) is 4.13. The van der Waals surface area contributed by atoms with Crippen molar-refractivity contribution >= 4 is 11.9 Å². The Morgan fingerprint density at radius 1 is 1.38 bits per heavy atom. The van der Waals surface area contributed by atoms with Gasteiger partial charge in [0.15, 0.2) is 0 Å². The molecular formula is C9H14O4. The molecule has 1 atom stereocenters. The molecule has 4 nitrogen and oxygen atoms in total. The van der Waals surface area contributed by atoms with Gasteiger partial charge in [-0.25, -0.2) is 0 Å². The summed E-state index contributed by atoms with van der Waals surface area (Å²) in [6, 6.07) is 0. The van der Waals surface area contributed by atoms with Crippen molar-refractivity contribution in [1.82, 2.24) is 0 Å². The van der Waals surface area contributed by atoms with Gasteiger partial charge < -0.3 is 10.2 Å². The first kappa shape index (κ1) is 11.7. The van der Waals surface area contributed by atoms with Crippen LogP contribution in [-0.2, 0) is 9.59 Å². The van der Waals surface area contributed by atoms with Gasteiger partial charge in [0.2, 0.25) is 0 Å². The molecule has 2 N–H and O–H groups in total. The monoisotopic (exact) mass is 186 g/mol. The molecule has 4 heteroatoms. The lowest BCUT2D eigenvalue weighted by molar-refractivity contribution is -0.148. The van der Waals surface area contributed by atoms with E-state index in [1.807, 2.05) is 0 Å². The minimum absolute atomic E-state index is 0.299. The first-order chi connectivity index (χ1) is 6.07. The number of rotatable bonds is 7. The molecule has 13 heavy (non-hydrogen) atoms. The summed E-state index contributed by atoms with van der Waals surface area (Å²) in [6.07, 6.45) is 3.19. The summed E-state index contributed by atoms with van der Waals surface area (Å²) in [5, 5.41) is 17.0. The predicted molar refractivity (Wildman–Crippen MR) is 47.4 cm³/mol. The van der Waals surface area contributed by atoms with E-state index in [4.69, 9.17) is 10.2 Å². The maximum absolute atomic E-state index is 10.5. The second-order valence-corrected chi connectivity index (χ2v) is 2.85. The van der Waals surface area contributed by atoms with Crippen molar-refractivity contribution in [3.63, 3.8) is 0 Å². The molecule has 1 unspecified atom stereocenters. The van der Waals surface area contributed by atoms with Crippen LogP contribution >= 0.6 is 0 Å². The summed E-state index contributed by atoms with van der Waals surface area (Å²) >= 11 is 0. The fourth-order valence-corrected chi connectivity index (χ4v) is 1.03. The summed E-state index contributed by atoms with van der Waals surface area (Å²) < 4.78 is 0. The van der Waals surface area contributed by atoms with Crippen molar-refractivity contribution in [1.29, 1.82) is 0 Å². The standard InChI is InChI=1S/C9H14O4/c1-2-3-4-5-7(9(12)13)6-8(10)11/h2,7H,1,3-6H2,(H,10,11)(H,12,13). The van der Waals surface area contributed by atoms with E-state index in [0.29, 0.717) is 12.8 Å². The van der Waals surface area contributed by atoms with Crippen LogP contribution in [0.3, 0.4) is 0 Å². The van der Waals surface area contributed by atoms with Crippen LogP contribution in [0, 0.1) is 5.92 Å². The highest BCUT2D eigenvalue weighted by molar-refractivity contribution is 5.77. The van der Waals surface area contributed by atoms with E-state index in [0.717, 1.165) is 6.42 Å². The van der Waals surface area contributed by atoms with Crippen LogP contribution in [0.1, 0.15) is 25.7 Å². The molecule has 0 bridgehead atoms. The topological polar surface area (TPSA) is 74.6 Å². The van der Waals surface area contributed by atoms with Crippen molar-refractivity contribution in [3.05, 3.63) is 12.7 Å². The van der Waals surface area contributed by atoms with Gasteiger partial charge in [-0.2, -0.15) is 0 Å². The Morgan fingerprint density at radius 2 is 2.00 bits per heavy atom. The third-order valence-corrected chi connectivity index (χ3v) is 1.73. The predicted octanol–water partition coefficient (Wildman–Crippen LogP) is 1.52. The van der Waals surface area contributed by atoms with E-state index in [2.05, 4.69) is 6.58 Å². The van der Waals surface area contributed by atoms with Crippen molar-refractivity contribution in [2.75, 3.05) is 0 Å². The van der Waals surface area contributed by atoms with Gasteiger partial charge in [-0.3, -0.25) is 9.59 Å². The molecule has 0 saturated carbocycles. The Morgan fingerprint density at radius 3 is 2.38 bits per heavy atom. The third kappa shape index (κ3) is 5.90. The second kappa shape index (κ2) is 6.22. The molecule has 0 amide bonds. The Labute approximate surface area is 76.9 Å². The highest BCUT2D eigenvalue weighted by atomic mass is 16.4. The molecule has 0 aliphatic carbocycles. The molecule has 0 radical (unpaired) electrons. The number of carboxylic acid groups (broad SMARTS) is 2. The summed E-state index contributed by atoms with van der Waals surface area (Å²) in [4.78, 5) is 20.8. The number of aliphatic carboxylic acids is 2. The maximum Gasteiger partial charge on any atom is 0.307 e. The van der Waals surface area contributed by atoms with Crippen LogP contribution in [0.25, 0.3) is 0 Å². The Kier molecular flexibility index (Phi) is 5.59. The zero-order valence-corrected chi connectivity index (χ0v) is 7.40. The fraction of sp³-hybridized carbons (Fsp3) is 0.556. The third-order valence-electron chi connectivity index (χ3n) is 1.73. The van der Waals surface area contributed by atoms with Gasteiger partial charge in [-0.15, -0.1) is 6.58 Å². The molecule has 0 aromatic rings. The highest BCUT2D eigenvalue weighted by Crippen LogP contribution is 2.13. The zero-order valence-electron chi connectivity index (χ0n) is 7.40. The first-order valence-corrected chi connectivity index (χ1v) is 4.13. The second-order valence-electron chi connectivity index (χ2n) is 2.85. The Bertz CT molecular complexity index is 198. The van der Waals surface area contributed by atoms with E-state index < -0.39 is 17.9 Å². The van der Waals surface area contributed by atoms with Crippen LogP contribution in [0.5, 0.6) is 0 Å². The van der Waals surface area contributed by atoms with Gasteiger partial charge in [-0.05, 0) is 19.3 Å². The minimum Gasteiger partial charge on any atom is -0.481 e. The van der Waals surface area contributed by atoms with Gasteiger partial charge >= 0.3 is 11.9 Å². The summed E-state index contributed by atoms with van der Waals surface area (Å²) in [7, 11) is 0. The minimum atomic E-state index is -1.06.